The average molecular weight is 380 g/mol. The first-order chi connectivity index (χ1) is 10.9. The maximum atomic E-state index is 11.8. The van der Waals surface area contributed by atoms with Crippen LogP contribution in [0.2, 0.25) is 0 Å². The van der Waals surface area contributed by atoms with E-state index >= 15 is 0 Å². The summed E-state index contributed by atoms with van der Waals surface area (Å²) in [5, 5.41) is 21.3. The van der Waals surface area contributed by atoms with E-state index in [2.05, 4.69) is 21.2 Å². The Hall–Kier alpha value is -2.54. The van der Waals surface area contributed by atoms with Crippen molar-refractivity contribution in [3.05, 3.63) is 52.0 Å². The second kappa shape index (κ2) is 7.15. The fourth-order valence-electron chi connectivity index (χ4n) is 1.81. The summed E-state index contributed by atoms with van der Waals surface area (Å²) < 4.78 is 5.55. The molecule has 7 heteroatoms. The molecule has 2 aromatic rings. The zero-order valence-electron chi connectivity index (χ0n) is 12.2. The molecule has 0 saturated heterocycles. The van der Waals surface area contributed by atoms with E-state index in [1.165, 1.54) is 12.1 Å². The normalized spacial score (nSPS) is 10.2. The highest BCUT2D eigenvalue weighted by Crippen LogP contribution is 2.24. The number of nitrogens with one attached hydrogen (secondary N) is 1. The predicted molar refractivity (Wildman–Crippen MR) is 87.6 cm³/mol. The minimum Gasteiger partial charge on any atom is -0.508 e. The highest BCUT2D eigenvalue weighted by molar-refractivity contribution is 9.10. The third kappa shape index (κ3) is 4.46. The number of anilines is 1. The number of hydrogen-bond acceptors (Lipinski definition) is 5. The quantitative estimate of drug-likeness (QED) is 0.709. The number of esters is 1. The van der Waals surface area contributed by atoms with Crippen molar-refractivity contribution >= 4 is 33.5 Å². The van der Waals surface area contributed by atoms with E-state index in [1.807, 2.05) is 19.1 Å². The highest BCUT2D eigenvalue weighted by atomic mass is 79.9. The molecule has 0 saturated carbocycles. The Labute approximate surface area is 140 Å². The van der Waals surface area contributed by atoms with Gasteiger partial charge in [0.25, 0.3) is 5.91 Å². The summed E-state index contributed by atoms with van der Waals surface area (Å²) in [5.41, 5.74) is 1.46. The van der Waals surface area contributed by atoms with Gasteiger partial charge < -0.3 is 20.3 Å². The van der Waals surface area contributed by atoms with Crippen LogP contribution in [0.25, 0.3) is 0 Å². The van der Waals surface area contributed by atoms with Crippen LogP contribution < -0.4 is 5.32 Å². The van der Waals surface area contributed by atoms with Gasteiger partial charge in [-0.1, -0.05) is 6.07 Å². The van der Waals surface area contributed by atoms with E-state index in [4.69, 9.17) is 9.84 Å². The van der Waals surface area contributed by atoms with Crippen LogP contribution in [0.4, 0.5) is 5.69 Å². The Balaban J connectivity index is 1.94. The fraction of sp³-hybridized carbons (Fsp3) is 0.125. The summed E-state index contributed by atoms with van der Waals surface area (Å²) in [6.45, 7) is 1.42. The second-order valence-corrected chi connectivity index (χ2v) is 5.66. The number of halogens is 1. The smallest absolute Gasteiger partial charge is 0.342 e. The van der Waals surface area contributed by atoms with E-state index in [9.17, 15) is 14.7 Å². The Morgan fingerprint density at radius 1 is 1.17 bits per heavy atom. The molecule has 0 fully saturated rings. The van der Waals surface area contributed by atoms with Crippen LogP contribution in [0, 0.1) is 6.92 Å². The van der Waals surface area contributed by atoms with Crippen LogP contribution >= 0.6 is 15.9 Å². The Bertz CT molecular complexity index is 760. The molecule has 3 N–H and O–H groups in total. The lowest BCUT2D eigenvalue weighted by molar-refractivity contribution is -0.119. The Morgan fingerprint density at radius 2 is 1.91 bits per heavy atom. The van der Waals surface area contributed by atoms with Gasteiger partial charge in [0.1, 0.15) is 17.1 Å². The molecule has 23 heavy (non-hydrogen) atoms. The number of ether oxygens (including phenoxy) is 1. The SMILES string of the molecule is Cc1ccc(NC(=O)COC(=O)c2ccc(O)cc2O)c(Br)c1. The molecule has 2 rings (SSSR count). The van der Waals surface area contributed by atoms with Gasteiger partial charge in [-0.05, 0) is 52.7 Å². The molecule has 0 aliphatic heterocycles. The van der Waals surface area contributed by atoms with E-state index in [-0.39, 0.29) is 11.3 Å². The number of carbonyl (C=O) groups is 2. The number of aromatic hydroxyl groups is 2. The monoisotopic (exact) mass is 379 g/mol. The van der Waals surface area contributed by atoms with Crippen LogP contribution in [0.3, 0.4) is 0 Å². The maximum Gasteiger partial charge on any atom is 0.342 e. The number of benzene rings is 2. The summed E-state index contributed by atoms with van der Waals surface area (Å²) in [5.74, 6) is -1.97. The molecule has 0 radical (unpaired) electrons. The minimum absolute atomic E-state index is 0.132. The van der Waals surface area contributed by atoms with Gasteiger partial charge in [-0.25, -0.2) is 4.79 Å². The number of amides is 1. The van der Waals surface area contributed by atoms with E-state index in [0.717, 1.165) is 11.6 Å². The molecule has 1 amide bonds. The van der Waals surface area contributed by atoms with Crippen molar-refractivity contribution in [1.82, 2.24) is 0 Å². The first kappa shape index (κ1) is 16.8. The van der Waals surface area contributed by atoms with Crippen molar-refractivity contribution in [2.24, 2.45) is 0 Å². The van der Waals surface area contributed by atoms with Crippen molar-refractivity contribution in [2.75, 3.05) is 11.9 Å². The topological polar surface area (TPSA) is 95.9 Å². The first-order valence-electron chi connectivity index (χ1n) is 6.62. The Morgan fingerprint density at radius 3 is 2.57 bits per heavy atom. The zero-order chi connectivity index (χ0) is 17.0. The molecule has 0 heterocycles. The molecule has 0 aromatic heterocycles. The predicted octanol–water partition coefficient (Wildman–Crippen LogP) is 2.96. The summed E-state index contributed by atoms with van der Waals surface area (Å²) >= 11 is 3.33. The summed E-state index contributed by atoms with van der Waals surface area (Å²) in [7, 11) is 0. The molecular weight excluding hydrogens is 366 g/mol. The third-order valence-corrected chi connectivity index (χ3v) is 3.59. The molecule has 120 valence electrons. The molecule has 0 bridgehead atoms. The van der Waals surface area contributed by atoms with Gasteiger partial charge in [0, 0.05) is 10.5 Å². The van der Waals surface area contributed by atoms with Crippen LogP contribution in [-0.4, -0.2) is 28.7 Å². The third-order valence-electron chi connectivity index (χ3n) is 2.93. The van der Waals surface area contributed by atoms with Crippen molar-refractivity contribution in [3.8, 4) is 11.5 Å². The average Bonchev–Trinajstić information content (AvgIpc) is 2.48. The lowest BCUT2D eigenvalue weighted by Crippen LogP contribution is -2.21. The van der Waals surface area contributed by atoms with E-state index in [0.29, 0.717) is 10.2 Å². The molecule has 0 spiro atoms. The molecule has 0 aliphatic rings. The zero-order valence-corrected chi connectivity index (χ0v) is 13.8. The fourth-order valence-corrected chi connectivity index (χ4v) is 2.40. The maximum absolute atomic E-state index is 11.8. The molecule has 0 unspecified atom stereocenters. The number of phenols is 2. The van der Waals surface area contributed by atoms with Gasteiger partial charge in [0.05, 0.1) is 5.69 Å². The molecule has 2 aromatic carbocycles. The van der Waals surface area contributed by atoms with Crippen LogP contribution in [-0.2, 0) is 9.53 Å². The van der Waals surface area contributed by atoms with Gasteiger partial charge in [-0.2, -0.15) is 0 Å². The van der Waals surface area contributed by atoms with Crippen LogP contribution in [0.5, 0.6) is 11.5 Å². The summed E-state index contributed by atoms with van der Waals surface area (Å²) in [6.07, 6.45) is 0. The molecule has 0 aliphatic carbocycles. The van der Waals surface area contributed by atoms with Gasteiger partial charge in [-0.3, -0.25) is 4.79 Å². The van der Waals surface area contributed by atoms with Crippen molar-refractivity contribution < 1.29 is 24.5 Å². The largest absolute Gasteiger partial charge is 0.508 e. The Kier molecular flexibility index (Phi) is 5.23. The summed E-state index contributed by atoms with van der Waals surface area (Å²) in [6, 6.07) is 8.86. The molecule has 0 atom stereocenters. The second-order valence-electron chi connectivity index (χ2n) is 4.81. The van der Waals surface area contributed by atoms with Gasteiger partial charge in [-0.15, -0.1) is 0 Å². The highest BCUT2D eigenvalue weighted by Gasteiger charge is 2.15. The lowest BCUT2D eigenvalue weighted by Gasteiger charge is -2.09. The number of phenolic OH excluding ortho intramolecular Hbond substituents is 2. The lowest BCUT2D eigenvalue weighted by atomic mass is 10.2. The van der Waals surface area contributed by atoms with E-state index in [1.54, 1.807) is 6.07 Å². The summed E-state index contributed by atoms with van der Waals surface area (Å²) in [4.78, 5) is 23.6. The number of aryl methyl sites for hydroxylation is 1. The van der Waals surface area contributed by atoms with Crippen molar-refractivity contribution in [3.63, 3.8) is 0 Å². The van der Waals surface area contributed by atoms with E-state index < -0.39 is 24.2 Å². The van der Waals surface area contributed by atoms with Crippen LogP contribution in [0.15, 0.2) is 40.9 Å². The van der Waals surface area contributed by atoms with Gasteiger partial charge in [0.15, 0.2) is 6.61 Å². The van der Waals surface area contributed by atoms with Crippen LogP contribution in [0.1, 0.15) is 15.9 Å². The number of rotatable bonds is 4. The van der Waals surface area contributed by atoms with Gasteiger partial charge >= 0.3 is 5.97 Å². The van der Waals surface area contributed by atoms with Crippen molar-refractivity contribution in [1.29, 1.82) is 0 Å². The van der Waals surface area contributed by atoms with Crippen molar-refractivity contribution in [2.45, 2.75) is 6.92 Å². The molecule has 6 nitrogen and oxygen atoms in total. The standard InChI is InChI=1S/C16H14BrNO5/c1-9-2-5-13(12(17)6-9)18-15(21)8-23-16(22)11-4-3-10(19)7-14(11)20/h2-7,19-20H,8H2,1H3,(H,18,21). The number of carbonyl (C=O) groups excluding carboxylic acids is 2. The first-order valence-corrected chi connectivity index (χ1v) is 7.41. The number of hydrogen-bond donors (Lipinski definition) is 3. The minimum atomic E-state index is -0.861. The molecular formula is C16H14BrNO5. The van der Waals surface area contributed by atoms with Gasteiger partial charge in [0.2, 0.25) is 0 Å².